The summed E-state index contributed by atoms with van der Waals surface area (Å²) >= 11 is 6.01. The Hall–Kier alpha value is -2.15. The summed E-state index contributed by atoms with van der Waals surface area (Å²) in [6.45, 7) is 0.747. The van der Waals surface area contributed by atoms with Crippen LogP contribution >= 0.6 is 11.6 Å². The van der Waals surface area contributed by atoms with Crippen LogP contribution in [0.25, 0.3) is 0 Å². The van der Waals surface area contributed by atoms with Crippen LogP contribution < -0.4 is 10.6 Å². The third-order valence-corrected chi connectivity index (χ3v) is 5.53. The summed E-state index contributed by atoms with van der Waals surface area (Å²) in [5.74, 6) is 0.689. The predicted octanol–water partition coefficient (Wildman–Crippen LogP) is 1.39. The molecule has 4 atom stereocenters. The van der Waals surface area contributed by atoms with E-state index >= 15 is 0 Å². The molecular formula is C16H18ClN5O2. The van der Waals surface area contributed by atoms with Crippen molar-refractivity contribution in [1.29, 1.82) is 0 Å². The summed E-state index contributed by atoms with van der Waals surface area (Å²) in [4.78, 5) is 34.6. The molecule has 2 aliphatic carbocycles. The van der Waals surface area contributed by atoms with Gasteiger partial charge in [0.1, 0.15) is 12.0 Å². The molecule has 4 rings (SSSR count). The molecule has 4 unspecified atom stereocenters. The largest absolute Gasteiger partial charge is 0.383 e. The molecule has 24 heavy (non-hydrogen) atoms. The fourth-order valence-corrected chi connectivity index (χ4v) is 4.42. The van der Waals surface area contributed by atoms with Gasteiger partial charge in [0.05, 0.1) is 11.8 Å². The van der Waals surface area contributed by atoms with Gasteiger partial charge < -0.3 is 10.6 Å². The van der Waals surface area contributed by atoms with Gasteiger partial charge in [0.15, 0.2) is 11.0 Å². The Labute approximate surface area is 144 Å². The molecule has 2 amide bonds. The van der Waals surface area contributed by atoms with E-state index in [0.717, 1.165) is 6.42 Å². The average molecular weight is 348 g/mol. The molecular weight excluding hydrogens is 330 g/mol. The normalized spacial score (nSPS) is 30.2. The molecule has 0 spiro atoms. The second kappa shape index (κ2) is 5.73. The summed E-state index contributed by atoms with van der Waals surface area (Å²) in [5.41, 5.74) is 0.595. The molecule has 0 aromatic carbocycles. The number of anilines is 2. The fraction of sp³-hybridized carbons (Fsp3) is 0.500. The molecule has 2 N–H and O–H groups in total. The van der Waals surface area contributed by atoms with Gasteiger partial charge >= 0.3 is 0 Å². The fourth-order valence-electron chi connectivity index (χ4n) is 4.19. The number of aromatic nitrogens is 2. The highest BCUT2D eigenvalue weighted by molar-refractivity contribution is 6.32. The maximum absolute atomic E-state index is 12.6. The first-order chi connectivity index (χ1) is 11.6. The molecule has 126 valence electrons. The third-order valence-electron chi connectivity index (χ3n) is 5.24. The quantitative estimate of drug-likeness (QED) is 0.475. The van der Waals surface area contributed by atoms with E-state index in [9.17, 15) is 9.59 Å². The van der Waals surface area contributed by atoms with Crippen LogP contribution in [0.4, 0.5) is 11.5 Å². The van der Waals surface area contributed by atoms with E-state index in [1.54, 1.807) is 7.05 Å². The van der Waals surface area contributed by atoms with Crippen molar-refractivity contribution in [1.82, 2.24) is 14.9 Å². The van der Waals surface area contributed by atoms with Gasteiger partial charge in [0, 0.05) is 20.1 Å². The van der Waals surface area contributed by atoms with Crippen LogP contribution in [0.2, 0.25) is 5.15 Å². The molecule has 3 aliphatic rings. The average Bonchev–Trinajstić information content (AvgIpc) is 3.24. The Balaban J connectivity index is 1.42. The zero-order chi connectivity index (χ0) is 16.8. The molecule has 2 heterocycles. The summed E-state index contributed by atoms with van der Waals surface area (Å²) in [6, 6.07) is 0. The molecule has 1 saturated heterocycles. The van der Waals surface area contributed by atoms with Crippen molar-refractivity contribution >= 4 is 34.9 Å². The van der Waals surface area contributed by atoms with Crippen LogP contribution in [-0.2, 0) is 9.59 Å². The summed E-state index contributed by atoms with van der Waals surface area (Å²) in [5, 5.41) is 6.37. The topological polar surface area (TPSA) is 87.2 Å². The Bertz CT molecular complexity index is 707. The van der Waals surface area contributed by atoms with Gasteiger partial charge in [-0.25, -0.2) is 9.97 Å². The Morgan fingerprint density at radius 3 is 2.50 bits per heavy atom. The first kappa shape index (κ1) is 15.4. The lowest BCUT2D eigenvalue weighted by atomic mass is 9.85. The Morgan fingerprint density at radius 1 is 1.21 bits per heavy atom. The SMILES string of the molecule is CNc1c(Cl)ncnc1NCCN1C(=O)C2C3C=CC(C3)C2C1=O. The maximum Gasteiger partial charge on any atom is 0.233 e. The molecule has 8 heteroatoms. The van der Waals surface area contributed by atoms with E-state index in [2.05, 4.69) is 32.8 Å². The molecule has 1 aliphatic heterocycles. The first-order valence-corrected chi connectivity index (χ1v) is 8.45. The number of fused-ring (bicyclic) bond motifs is 5. The van der Waals surface area contributed by atoms with E-state index in [0.29, 0.717) is 29.7 Å². The van der Waals surface area contributed by atoms with Gasteiger partial charge in [0.2, 0.25) is 11.8 Å². The van der Waals surface area contributed by atoms with Gasteiger partial charge in [-0.2, -0.15) is 0 Å². The van der Waals surface area contributed by atoms with E-state index in [1.165, 1.54) is 11.2 Å². The van der Waals surface area contributed by atoms with E-state index in [1.807, 2.05) is 0 Å². The smallest absolute Gasteiger partial charge is 0.233 e. The Kier molecular flexibility index (Phi) is 3.68. The molecule has 7 nitrogen and oxygen atoms in total. The highest BCUT2D eigenvalue weighted by atomic mass is 35.5. The number of carbonyl (C=O) groups excluding carboxylic acids is 2. The molecule has 1 saturated carbocycles. The van der Waals surface area contributed by atoms with E-state index in [4.69, 9.17) is 11.6 Å². The number of likely N-dealkylation sites (tertiary alicyclic amines) is 1. The van der Waals surface area contributed by atoms with Crippen molar-refractivity contribution in [3.8, 4) is 0 Å². The van der Waals surface area contributed by atoms with Crippen molar-refractivity contribution in [2.45, 2.75) is 6.42 Å². The van der Waals surface area contributed by atoms with Crippen LogP contribution in [-0.4, -0.2) is 46.8 Å². The van der Waals surface area contributed by atoms with Crippen LogP contribution in [0.5, 0.6) is 0 Å². The summed E-state index contributed by atoms with van der Waals surface area (Å²) in [6.07, 6.45) is 6.51. The lowest BCUT2D eigenvalue weighted by Crippen LogP contribution is -2.36. The van der Waals surface area contributed by atoms with Gasteiger partial charge in [-0.15, -0.1) is 0 Å². The van der Waals surface area contributed by atoms with Gasteiger partial charge in [-0.05, 0) is 18.3 Å². The van der Waals surface area contributed by atoms with Crippen molar-refractivity contribution < 1.29 is 9.59 Å². The molecule has 1 aromatic rings. The number of rotatable bonds is 5. The molecule has 2 fully saturated rings. The van der Waals surface area contributed by atoms with Crippen molar-refractivity contribution in [2.24, 2.45) is 23.7 Å². The predicted molar refractivity (Wildman–Crippen MR) is 89.5 cm³/mol. The van der Waals surface area contributed by atoms with Crippen molar-refractivity contribution in [3.05, 3.63) is 23.6 Å². The van der Waals surface area contributed by atoms with Crippen LogP contribution in [0.1, 0.15) is 6.42 Å². The standard InChI is InChI=1S/C16H18ClN5O2/c1-18-12-13(17)20-7-21-14(12)19-4-5-22-15(23)10-8-2-3-9(6-8)11(10)16(22)24/h2-3,7-11,18H,4-6H2,1H3,(H,19,20,21). The van der Waals surface area contributed by atoms with Gasteiger partial charge in [-0.1, -0.05) is 23.8 Å². The minimum Gasteiger partial charge on any atom is -0.383 e. The number of halogens is 1. The summed E-state index contributed by atoms with van der Waals surface area (Å²) < 4.78 is 0. The number of nitrogens with zero attached hydrogens (tertiary/aromatic N) is 3. The minimum atomic E-state index is -0.145. The maximum atomic E-state index is 12.6. The Morgan fingerprint density at radius 2 is 1.88 bits per heavy atom. The van der Waals surface area contributed by atoms with Crippen molar-refractivity contribution in [3.63, 3.8) is 0 Å². The highest BCUT2D eigenvalue weighted by Crippen LogP contribution is 2.52. The number of hydrogen-bond donors (Lipinski definition) is 2. The second-order valence-corrected chi connectivity index (χ2v) is 6.75. The number of carbonyl (C=O) groups is 2. The number of allylic oxidation sites excluding steroid dienone is 2. The molecule has 0 radical (unpaired) electrons. The van der Waals surface area contributed by atoms with E-state index < -0.39 is 0 Å². The zero-order valence-corrected chi connectivity index (χ0v) is 14.0. The lowest BCUT2D eigenvalue weighted by molar-refractivity contribution is -0.140. The minimum absolute atomic E-state index is 0.0294. The first-order valence-electron chi connectivity index (χ1n) is 8.07. The number of imide groups is 1. The van der Waals surface area contributed by atoms with Gasteiger partial charge in [0.25, 0.3) is 0 Å². The van der Waals surface area contributed by atoms with Crippen molar-refractivity contribution in [2.75, 3.05) is 30.8 Å². The van der Waals surface area contributed by atoms with E-state index in [-0.39, 0.29) is 35.5 Å². The number of nitrogens with one attached hydrogen (secondary N) is 2. The number of hydrogen-bond acceptors (Lipinski definition) is 6. The monoisotopic (exact) mass is 347 g/mol. The summed E-state index contributed by atoms with van der Waals surface area (Å²) in [7, 11) is 1.73. The third kappa shape index (κ3) is 2.18. The lowest BCUT2D eigenvalue weighted by Gasteiger charge is -2.18. The second-order valence-electron chi connectivity index (χ2n) is 6.39. The number of amides is 2. The van der Waals surface area contributed by atoms with Crippen LogP contribution in [0, 0.1) is 23.7 Å². The highest BCUT2D eigenvalue weighted by Gasteiger charge is 2.58. The zero-order valence-electron chi connectivity index (χ0n) is 13.2. The van der Waals surface area contributed by atoms with Crippen LogP contribution in [0.3, 0.4) is 0 Å². The molecule has 2 bridgehead atoms. The molecule has 1 aromatic heterocycles. The van der Waals surface area contributed by atoms with Gasteiger partial charge in [-0.3, -0.25) is 14.5 Å². The van der Waals surface area contributed by atoms with Crippen LogP contribution in [0.15, 0.2) is 18.5 Å².